The molecule has 142 valence electrons. The first-order valence-corrected chi connectivity index (χ1v) is 9.28. The summed E-state index contributed by atoms with van der Waals surface area (Å²) in [4.78, 5) is 21.8. The SMILES string of the molecule is Cn1ccnc1CN1CCCN(C(=O)c2cc(C(C)(C)C)nn2C)CC1. The highest BCUT2D eigenvalue weighted by atomic mass is 16.2. The van der Waals surface area contributed by atoms with Crippen molar-refractivity contribution in [2.45, 2.75) is 39.2 Å². The lowest BCUT2D eigenvalue weighted by Crippen LogP contribution is -2.36. The molecule has 2 aromatic heterocycles. The first kappa shape index (κ1) is 18.6. The van der Waals surface area contributed by atoms with Crippen LogP contribution in [0.15, 0.2) is 18.5 Å². The quantitative estimate of drug-likeness (QED) is 0.839. The number of nitrogens with zero attached hydrogens (tertiary/aromatic N) is 6. The summed E-state index contributed by atoms with van der Waals surface area (Å²) in [5, 5.41) is 4.54. The largest absolute Gasteiger partial charge is 0.337 e. The van der Waals surface area contributed by atoms with Crippen LogP contribution in [0.2, 0.25) is 0 Å². The van der Waals surface area contributed by atoms with Gasteiger partial charge in [-0.2, -0.15) is 5.10 Å². The molecule has 0 unspecified atom stereocenters. The van der Waals surface area contributed by atoms with E-state index in [1.54, 1.807) is 4.68 Å². The Kier molecular flexibility index (Phi) is 5.18. The molecule has 2 aromatic rings. The van der Waals surface area contributed by atoms with Crippen LogP contribution in [0.25, 0.3) is 0 Å². The maximum atomic E-state index is 13.0. The average Bonchev–Trinajstić information content (AvgIpc) is 3.06. The van der Waals surface area contributed by atoms with Crippen molar-refractivity contribution in [1.82, 2.24) is 29.1 Å². The van der Waals surface area contributed by atoms with Gasteiger partial charge in [0.15, 0.2) is 0 Å². The van der Waals surface area contributed by atoms with Crippen molar-refractivity contribution in [3.8, 4) is 0 Å². The van der Waals surface area contributed by atoms with Crippen LogP contribution in [-0.2, 0) is 26.1 Å². The number of carbonyl (C=O) groups excluding carboxylic acids is 1. The topological polar surface area (TPSA) is 59.2 Å². The van der Waals surface area contributed by atoms with Crippen molar-refractivity contribution in [2.75, 3.05) is 26.2 Å². The minimum absolute atomic E-state index is 0.0616. The lowest BCUT2D eigenvalue weighted by Gasteiger charge is -2.21. The van der Waals surface area contributed by atoms with Gasteiger partial charge < -0.3 is 9.47 Å². The second kappa shape index (κ2) is 7.23. The van der Waals surface area contributed by atoms with Crippen LogP contribution in [0, 0.1) is 0 Å². The Balaban J connectivity index is 1.66. The van der Waals surface area contributed by atoms with Crippen molar-refractivity contribution < 1.29 is 4.79 Å². The maximum Gasteiger partial charge on any atom is 0.272 e. The van der Waals surface area contributed by atoms with Crippen molar-refractivity contribution >= 4 is 5.91 Å². The molecule has 0 radical (unpaired) electrons. The number of aromatic nitrogens is 4. The second-order valence-electron chi connectivity index (χ2n) is 8.16. The molecule has 7 nitrogen and oxygen atoms in total. The number of amides is 1. The van der Waals surface area contributed by atoms with Crippen molar-refractivity contribution in [3.05, 3.63) is 35.7 Å². The number of hydrogen-bond acceptors (Lipinski definition) is 4. The Morgan fingerprint density at radius 3 is 2.54 bits per heavy atom. The fourth-order valence-electron chi connectivity index (χ4n) is 3.28. The van der Waals surface area contributed by atoms with Gasteiger partial charge in [-0.1, -0.05) is 20.8 Å². The van der Waals surface area contributed by atoms with E-state index in [4.69, 9.17) is 0 Å². The van der Waals surface area contributed by atoms with Gasteiger partial charge in [0.25, 0.3) is 5.91 Å². The Bertz CT molecular complexity index is 769. The van der Waals surface area contributed by atoms with E-state index in [0.717, 1.165) is 50.7 Å². The van der Waals surface area contributed by atoms with Crippen LogP contribution in [0.1, 0.15) is 49.2 Å². The number of carbonyl (C=O) groups is 1. The molecule has 0 spiro atoms. The molecule has 0 saturated carbocycles. The van der Waals surface area contributed by atoms with Crippen LogP contribution < -0.4 is 0 Å². The van der Waals surface area contributed by atoms with Gasteiger partial charge in [-0.05, 0) is 12.5 Å². The fourth-order valence-corrected chi connectivity index (χ4v) is 3.28. The van der Waals surface area contributed by atoms with Crippen LogP contribution in [0.4, 0.5) is 0 Å². The van der Waals surface area contributed by atoms with E-state index < -0.39 is 0 Å². The van der Waals surface area contributed by atoms with E-state index in [-0.39, 0.29) is 11.3 Å². The predicted molar refractivity (Wildman–Crippen MR) is 101 cm³/mol. The zero-order valence-electron chi connectivity index (χ0n) is 16.6. The standard InChI is InChI=1S/C19H30N6O/c1-19(2,3)16-13-15(23(5)21-16)18(26)25-9-6-8-24(11-12-25)14-17-20-7-10-22(17)4/h7,10,13H,6,8-9,11-12,14H2,1-5H3. The average molecular weight is 358 g/mol. The monoisotopic (exact) mass is 358 g/mol. The van der Waals surface area contributed by atoms with Gasteiger partial charge >= 0.3 is 0 Å². The molecule has 1 fully saturated rings. The molecule has 1 amide bonds. The maximum absolute atomic E-state index is 13.0. The molecule has 1 aliphatic rings. The molecule has 7 heteroatoms. The number of hydrogen-bond donors (Lipinski definition) is 0. The molecule has 1 aliphatic heterocycles. The molecule has 26 heavy (non-hydrogen) atoms. The van der Waals surface area contributed by atoms with Crippen LogP contribution >= 0.6 is 0 Å². The minimum atomic E-state index is -0.0616. The van der Waals surface area contributed by atoms with Gasteiger partial charge in [0, 0.05) is 58.1 Å². The van der Waals surface area contributed by atoms with Crippen LogP contribution in [0.3, 0.4) is 0 Å². The summed E-state index contributed by atoms with van der Waals surface area (Å²) in [6.07, 6.45) is 4.77. The van der Waals surface area contributed by atoms with Crippen molar-refractivity contribution in [1.29, 1.82) is 0 Å². The third-order valence-corrected chi connectivity index (χ3v) is 5.03. The van der Waals surface area contributed by atoms with E-state index in [1.807, 2.05) is 37.5 Å². The normalized spacial score (nSPS) is 16.7. The zero-order chi connectivity index (χ0) is 18.9. The second-order valence-corrected chi connectivity index (χ2v) is 8.16. The van der Waals surface area contributed by atoms with Crippen LogP contribution in [-0.4, -0.2) is 61.2 Å². The highest BCUT2D eigenvalue weighted by Crippen LogP contribution is 2.22. The van der Waals surface area contributed by atoms with E-state index in [2.05, 4.69) is 40.3 Å². The first-order chi connectivity index (χ1) is 12.3. The molecule has 0 bridgehead atoms. The van der Waals surface area contributed by atoms with Crippen LogP contribution in [0.5, 0.6) is 0 Å². The van der Waals surface area contributed by atoms with E-state index in [1.165, 1.54) is 0 Å². The Hall–Kier alpha value is -2.15. The Morgan fingerprint density at radius 1 is 1.15 bits per heavy atom. The van der Waals surface area contributed by atoms with Gasteiger partial charge in [0.2, 0.25) is 0 Å². The molecule has 1 saturated heterocycles. The highest BCUT2D eigenvalue weighted by molar-refractivity contribution is 5.92. The van der Waals surface area contributed by atoms with Crippen molar-refractivity contribution in [3.63, 3.8) is 0 Å². The number of imidazole rings is 1. The predicted octanol–water partition coefficient (Wildman–Crippen LogP) is 1.80. The van der Waals surface area contributed by atoms with Gasteiger partial charge in [0.05, 0.1) is 12.2 Å². The zero-order valence-corrected chi connectivity index (χ0v) is 16.6. The summed E-state index contributed by atoms with van der Waals surface area (Å²) >= 11 is 0. The first-order valence-electron chi connectivity index (χ1n) is 9.28. The van der Waals surface area contributed by atoms with Crippen molar-refractivity contribution in [2.24, 2.45) is 14.1 Å². The molecule has 3 heterocycles. The molecular formula is C19H30N6O. The smallest absolute Gasteiger partial charge is 0.272 e. The summed E-state index contributed by atoms with van der Waals surface area (Å²) in [5.41, 5.74) is 1.57. The summed E-state index contributed by atoms with van der Waals surface area (Å²) < 4.78 is 3.77. The number of aryl methyl sites for hydroxylation is 2. The Morgan fingerprint density at radius 2 is 1.92 bits per heavy atom. The van der Waals surface area contributed by atoms with Gasteiger partial charge in [-0.25, -0.2) is 4.98 Å². The van der Waals surface area contributed by atoms with E-state index >= 15 is 0 Å². The lowest BCUT2D eigenvalue weighted by atomic mass is 9.92. The number of rotatable bonds is 3. The summed E-state index contributed by atoms with van der Waals surface area (Å²) in [6, 6.07) is 1.94. The van der Waals surface area contributed by atoms with Gasteiger partial charge in [-0.15, -0.1) is 0 Å². The summed E-state index contributed by atoms with van der Waals surface area (Å²) in [7, 11) is 3.87. The van der Waals surface area contributed by atoms with E-state index in [9.17, 15) is 4.79 Å². The highest BCUT2D eigenvalue weighted by Gasteiger charge is 2.26. The third-order valence-electron chi connectivity index (χ3n) is 5.03. The lowest BCUT2D eigenvalue weighted by molar-refractivity contribution is 0.0750. The minimum Gasteiger partial charge on any atom is -0.337 e. The molecule has 0 atom stereocenters. The molecular weight excluding hydrogens is 328 g/mol. The van der Waals surface area contributed by atoms with E-state index in [0.29, 0.717) is 5.69 Å². The third kappa shape index (κ3) is 3.98. The summed E-state index contributed by atoms with van der Waals surface area (Å²) in [6.45, 7) is 10.5. The molecule has 3 rings (SSSR count). The molecule has 0 N–H and O–H groups in total. The fraction of sp³-hybridized carbons (Fsp3) is 0.632. The molecule has 0 aliphatic carbocycles. The van der Waals surface area contributed by atoms with Gasteiger partial charge in [0.1, 0.15) is 11.5 Å². The summed E-state index contributed by atoms with van der Waals surface area (Å²) in [5.74, 6) is 1.14. The van der Waals surface area contributed by atoms with Gasteiger partial charge in [-0.3, -0.25) is 14.4 Å². The Labute approximate surface area is 155 Å². The molecule has 0 aromatic carbocycles.